The second-order valence-corrected chi connectivity index (χ2v) is 3.98. The van der Waals surface area contributed by atoms with Crippen LogP contribution in [0.25, 0.3) is 0 Å². The fraction of sp³-hybridized carbons (Fsp3) is 0.308. The largest absolute Gasteiger partial charge is 0.351 e. The van der Waals surface area contributed by atoms with Gasteiger partial charge < -0.3 is 5.32 Å². The van der Waals surface area contributed by atoms with Gasteiger partial charge in [-0.05, 0) is 25.3 Å². The van der Waals surface area contributed by atoms with Gasteiger partial charge in [0.25, 0.3) is 5.91 Å². The molecule has 0 aromatic heterocycles. The molecule has 0 saturated carbocycles. The van der Waals surface area contributed by atoms with E-state index in [-0.39, 0.29) is 5.91 Å². The van der Waals surface area contributed by atoms with Crippen LogP contribution in [0.4, 0.5) is 0 Å². The summed E-state index contributed by atoms with van der Waals surface area (Å²) in [5.74, 6) is 5.69. The lowest BCUT2D eigenvalue weighted by molar-refractivity contribution is 0.0951. The minimum Gasteiger partial charge on any atom is -0.351 e. The monoisotopic (exact) mass is 233 g/mol. The summed E-state index contributed by atoms with van der Waals surface area (Å²) in [6.45, 7) is 2.40. The molecule has 0 bridgehead atoms. The van der Waals surface area contributed by atoms with Crippen molar-refractivity contribution in [2.75, 3.05) is 12.8 Å². The molecule has 0 saturated heterocycles. The molecule has 0 aliphatic rings. The SMILES string of the molecule is CC#CCCNC(=O)c1ccccc1SC. The first-order chi connectivity index (χ1) is 7.79. The van der Waals surface area contributed by atoms with E-state index in [1.165, 1.54) is 0 Å². The van der Waals surface area contributed by atoms with E-state index in [0.717, 1.165) is 10.5 Å². The van der Waals surface area contributed by atoms with E-state index in [2.05, 4.69) is 17.2 Å². The predicted molar refractivity (Wildman–Crippen MR) is 68.6 cm³/mol. The zero-order valence-electron chi connectivity index (χ0n) is 9.54. The van der Waals surface area contributed by atoms with Gasteiger partial charge in [-0.1, -0.05) is 12.1 Å². The zero-order valence-corrected chi connectivity index (χ0v) is 10.4. The number of hydrogen-bond donors (Lipinski definition) is 1. The quantitative estimate of drug-likeness (QED) is 0.492. The van der Waals surface area contributed by atoms with E-state index in [1.807, 2.05) is 30.5 Å². The molecule has 1 N–H and O–H groups in total. The molecule has 1 aromatic rings. The van der Waals surface area contributed by atoms with E-state index < -0.39 is 0 Å². The standard InChI is InChI=1S/C13H15NOS/c1-3-4-7-10-14-13(15)11-8-5-6-9-12(11)16-2/h5-6,8-9H,7,10H2,1-2H3,(H,14,15). The van der Waals surface area contributed by atoms with Crippen LogP contribution in [-0.4, -0.2) is 18.7 Å². The summed E-state index contributed by atoms with van der Waals surface area (Å²) in [6.07, 6.45) is 2.67. The molecular formula is C13H15NOS. The number of nitrogens with one attached hydrogen (secondary N) is 1. The molecule has 16 heavy (non-hydrogen) atoms. The van der Waals surface area contributed by atoms with Crippen LogP contribution in [0.2, 0.25) is 0 Å². The molecule has 0 aliphatic heterocycles. The number of thioether (sulfide) groups is 1. The van der Waals surface area contributed by atoms with E-state index in [9.17, 15) is 4.79 Å². The van der Waals surface area contributed by atoms with Crippen molar-refractivity contribution in [2.45, 2.75) is 18.2 Å². The molecule has 0 radical (unpaired) electrons. The van der Waals surface area contributed by atoms with Crippen molar-refractivity contribution >= 4 is 17.7 Å². The van der Waals surface area contributed by atoms with Crippen molar-refractivity contribution in [1.29, 1.82) is 0 Å². The number of amides is 1. The summed E-state index contributed by atoms with van der Waals surface area (Å²) in [7, 11) is 0. The molecule has 3 heteroatoms. The van der Waals surface area contributed by atoms with Crippen molar-refractivity contribution in [3.63, 3.8) is 0 Å². The van der Waals surface area contributed by atoms with Crippen molar-refractivity contribution < 1.29 is 4.79 Å². The van der Waals surface area contributed by atoms with E-state index in [0.29, 0.717) is 13.0 Å². The summed E-state index contributed by atoms with van der Waals surface area (Å²) in [4.78, 5) is 12.8. The minimum atomic E-state index is -0.0251. The number of benzene rings is 1. The maximum Gasteiger partial charge on any atom is 0.252 e. The van der Waals surface area contributed by atoms with Gasteiger partial charge >= 0.3 is 0 Å². The molecule has 0 atom stereocenters. The smallest absolute Gasteiger partial charge is 0.252 e. The van der Waals surface area contributed by atoms with Crippen LogP contribution in [0, 0.1) is 11.8 Å². The average Bonchev–Trinajstić information content (AvgIpc) is 2.34. The minimum absolute atomic E-state index is 0.0251. The number of carbonyl (C=O) groups excluding carboxylic acids is 1. The molecule has 2 nitrogen and oxygen atoms in total. The molecule has 0 fully saturated rings. The van der Waals surface area contributed by atoms with Gasteiger partial charge in [0.05, 0.1) is 5.56 Å². The molecule has 0 aliphatic carbocycles. The molecule has 0 heterocycles. The van der Waals surface area contributed by atoms with Gasteiger partial charge in [0.15, 0.2) is 0 Å². The maximum atomic E-state index is 11.8. The fourth-order valence-electron chi connectivity index (χ4n) is 1.29. The lowest BCUT2D eigenvalue weighted by atomic mass is 10.2. The van der Waals surface area contributed by atoms with Gasteiger partial charge in [-0.3, -0.25) is 4.79 Å². The van der Waals surface area contributed by atoms with E-state index >= 15 is 0 Å². The van der Waals surface area contributed by atoms with Crippen LogP contribution in [0.1, 0.15) is 23.7 Å². The van der Waals surface area contributed by atoms with E-state index in [1.54, 1.807) is 18.7 Å². The third-order valence-corrected chi connectivity index (χ3v) is 2.86. The summed E-state index contributed by atoms with van der Waals surface area (Å²) < 4.78 is 0. The van der Waals surface area contributed by atoms with Crippen LogP contribution < -0.4 is 5.32 Å². The lowest BCUT2D eigenvalue weighted by Gasteiger charge is -2.06. The first-order valence-corrected chi connectivity index (χ1v) is 6.33. The molecule has 1 amide bonds. The summed E-state index contributed by atoms with van der Waals surface area (Å²) >= 11 is 1.58. The second kappa shape index (κ2) is 6.97. The topological polar surface area (TPSA) is 29.1 Å². The van der Waals surface area contributed by atoms with Crippen LogP contribution >= 0.6 is 11.8 Å². The zero-order chi connectivity index (χ0) is 11.8. The van der Waals surface area contributed by atoms with Crippen LogP contribution in [0.5, 0.6) is 0 Å². The Morgan fingerprint density at radius 1 is 1.44 bits per heavy atom. The molecule has 0 spiro atoms. The maximum absolute atomic E-state index is 11.8. The van der Waals surface area contributed by atoms with Crippen molar-refractivity contribution in [3.8, 4) is 11.8 Å². The van der Waals surface area contributed by atoms with Gasteiger partial charge in [-0.15, -0.1) is 23.6 Å². The highest BCUT2D eigenvalue weighted by molar-refractivity contribution is 7.98. The Labute approximate surface area is 101 Å². The summed E-state index contributed by atoms with van der Waals surface area (Å²) in [6, 6.07) is 7.60. The fourth-order valence-corrected chi connectivity index (χ4v) is 1.89. The molecular weight excluding hydrogens is 218 g/mol. The number of carbonyl (C=O) groups is 1. The van der Waals surface area contributed by atoms with Crippen molar-refractivity contribution in [2.24, 2.45) is 0 Å². The Morgan fingerprint density at radius 2 is 2.19 bits per heavy atom. The Morgan fingerprint density at radius 3 is 2.88 bits per heavy atom. The average molecular weight is 233 g/mol. The highest BCUT2D eigenvalue weighted by Crippen LogP contribution is 2.19. The van der Waals surface area contributed by atoms with E-state index in [4.69, 9.17) is 0 Å². The lowest BCUT2D eigenvalue weighted by Crippen LogP contribution is -2.24. The van der Waals surface area contributed by atoms with Crippen LogP contribution in [0.3, 0.4) is 0 Å². The third-order valence-electron chi connectivity index (χ3n) is 2.06. The molecule has 84 valence electrons. The van der Waals surface area contributed by atoms with Crippen molar-refractivity contribution in [3.05, 3.63) is 29.8 Å². The van der Waals surface area contributed by atoms with Crippen LogP contribution in [-0.2, 0) is 0 Å². The normalized spacial score (nSPS) is 9.12. The predicted octanol–water partition coefficient (Wildman–Crippen LogP) is 2.55. The Hall–Kier alpha value is -1.40. The summed E-state index contributed by atoms with van der Waals surface area (Å²) in [5, 5.41) is 2.85. The third kappa shape index (κ3) is 3.63. The van der Waals surface area contributed by atoms with Crippen LogP contribution in [0.15, 0.2) is 29.2 Å². The number of hydrogen-bond acceptors (Lipinski definition) is 2. The summed E-state index contributed by atoms with van der Waals surface area (Å²) in [5.41, 5.74) is 0.736. The van der Waals surface area contributed by atoms with Gasteiger partial charge in [0, 0.05) is 17.9 Å². The number of rotatable bonds is 4. The van der Waals surface area contributed by atoms with Gasteiger partial charge in [-0.25, -0.2) is 0 Å². The first kappa shape index (κ1) is 12.7. The highest BCUT2D eigenvalue weighted by Gasteiger charge is 2.08. The van der Waals surface area contributed by atoms with Gasteiger partial charge in [0.2, 0.25) is 0 Å². The van der Waals surface area contributed by atoms with Gasteiger partial charge in [-0.2, -0.15) is 0 Å². The first-order valence-electron chi connectivity index (χ1n) is 5.10. The Balaban J connectivity index is 2.61. The van der Waals surface area contributed by atoms with Crippen molar-refractivity contribution in [1.82, 2.24) is 5.32 Å². The second-order valence-electron chi connectivity index (χ2n) is 3.13. The highest BCUT2D eigenvalue weighted by atomic mass is 32.2. The Kier molecular flexibility index (Phi) is 5.52. The molecule has 1 aromatic carbocycles. The molecule has 1 rings (SSSR count). The van der Waals surface area contributed by atoms with Gasteiger partial charge in [0.1, 0.15) is 0 Å². The Bertz CT molecular complexity index is 417. The molecule has 0 unspecified atom stereocenters.